The Bertz CT molecular complexity index is 300. The zero-order valence-corrected chi connectivity index (χ0v) is 13.2. The van der Waals surface area contributed by atoms with E-state index in [1.54, 1.807) is 7.05 Å². The van der Waals surface area contributed by atoms with E-state index in [2.05, 4.69) is 20.9 Å². The van der Waals surface area contributed by atoms with Gasteiger partial charge in [0.2, 0.25) is 5.91 Å². The first-order chi connectivity index (χ1) is 8.29. The zero-order valence-electron chi connectivity index (χ0n) is 10.9. The van der Waals surface area contributed by atoms with E-state index in [4.69, 9.17) is 0 Å². The molecule has 0 heterocycles. The molecule has 1 amide bonds. The number of guanidine groups is 1. The molecule has 2 aliphatic carbocycles. The fourth-order valence-electron chi connectivity index (χ4n) is 1.64. The number of nitrogens with zero attached hydrogens (tertiary/aromatic N) is 1. The predicted molar refractivity (Wildman–Crippen MR) is 83.2 cm³/mol. The monoisotopic (exact) mass is 366 g/mol. The molecule has 2 aliphatic rings. The Labute approximate surface area is 126 Å². The molecule has 5 nitrogen and oxygen atoms in total. The number of aliphatic imine (C=N–C) groups is 1. The highest BCUT2D eigenvalue weighted by atomic mass is 127. The first-order valence-electron chi connectivity index (χ1n) is 6.52. The first kappa shape index (κ1) is 15.5. The molecule has 2 saturated carbocycles. The third-order valence-corrected chi connectivity index (χ3v) is 3.14. The summed E-state index contributed by atoms with van der Waals surface area (Å²) in [5.41, 5.74) is 0. The Morgan fingerprint density at radius 1 is 1.11 bits per heavy atom. The van der Waals surface area contributed by atoms with Crippen LogP contribution in [0.3, 0.4) is 0 Å². The standard InChI is InChI=1S/C12H22N4O.HI/c1-13-12(16-8-9-2-3-9)15-7-6-14-11(17)10-4-5-10;/h9-10H,2-8H2,1H3,(H,14,17)(H2,13,15,16);1H. The average Bonchev–Trinajstić information content (AvgIpc) is 3.18. The van der Waals surface area contributed by atoms with Gasteiger partial charge in [-0.25, -0.2) is 0 Å². The molecule has 0 aromatic rings. The Morgan fingerprint density at radius 2 is 1.78 bits per heavy atom. The molecular formula is C12H23IN4O. The van der Waals surface area contributed by atoms with Crippen LogP contribution in [-0.2, 0) is 4.79 Å². The molecule has 2 fully saturated rings. The van der Waals surface area contributed by atoms with Gasteiger partial charge in [0.1, 0.15) is 0 Å². The fraction of sp³-hybridized carbons (Fsp3) is 0.833. The molecule has 0 aromatic carbocycles. The van der Waals surface area contributed by atoms with Crippen LogP contribution in [0.25, 0.3) is 0 Å². The molecule has 2 rings (SSSR count). The van der Waals surface area contributed by atoms with Crippen molar-refractivity contribution in [3.63, 3.8) is 0 Å². The minimum absolute atomic E-state index is 0. The third kappa shape index (κ3) is 5.88. The molecule has 0 spiro atoms. The zero-order chi connectivity index (χ0) is 12.1. The van der Waals surface area contributed by atoms with Gasteiger partial charge in [-0.3, -0.25) is 9.79 Å². The van der Waals surface area contributed by atoms with Crippen molar-refractivity contribution in [1.82, 2.24) is 16.0 Å². The van der Waals surface area contributed by atoms with Crippen LogP contribution in [0.4, 0.5) is 0 Å². The molecule has 3 N–H and O–H groups in total. The topological polar surface area (TPSA) is 65.5 Å². The first-order valence-corrected chi connectivity index (χ1v) is 6.52. The van der Waals surface area contributed by atoms with Crippen molar-refractivity contribution in [3.05, 3.63) is 0 Å². The average molecular weight is 366 g/mol. The normalized spacial score (nSPS) is 18.8. The number of amides is 1. The maximum atomic E-state index is 11.4. The summed E-state index contributed by atoms with van der Waals surface area (Å²) in [7, 11) is 1.77. The fourth-order valence-corrected chi connectivity index (χ4v) is 1.64. The van der Waals surface area contributed by atoms with E-state index in [0.717, 1.165) is 37.8 Å². The Kier molecular flexibility index (Phi) is 6.73. The van der Waals surface area contributed by atoms with Crippen molar-refractivity contribution in [2.75, 3.05) is 26.7 Å². The summed E-state index contributed by atoms with van der Waals surface area (Å²) in [6.45, 7) is 2.40. The number of rotatable bonds is 6. The lowest BCUT2D eigenvalue weighted by Crippen LogP contribution is -2.42. The van der Waals surface area contributed by atoms with Crippen molar-refractivity contribution < 1.29 is 4.79 Å². The highest BCUT2D eigenvalue weighted by Gasteiger charge is 2.28. The van der Waals surface area contributed by atoms with Crippen molar-refractivity contribution in [2.45, 2.75) is 25.7 Å². The number of hydrogen-bond donors (Lipinski definition) is 3. The summed E-state index contributed by atoms with van der Waals surface area (Å²) in [4.78, 5) is 15.5. The molecule has 0 radical (unpaired) electrons. The predicted octanol–water partition coefficient (Wildman–Crippen LogP) is 0.706. The summed E-state index contributed by atoms with van der Waals surface area (Å²) >= 11 is 0. The summed E-state index contributed by atoms with van der Waals surface area (Å²) in [6, 6.07) is 0. The van der Waals surface area contributed by atoms with Crippen LogP contribution < -0.4 is 16.0 Å². The molecule has 0 aliphatic heterocycles. The molecular weight excluding hydrogens is 343 g/mol. The van der Waals surface area contributed by atoms with Crippen LogP contribution >= 0.6 is 24.0 Å². The van der Waals surface area contributed by atoms with Gasteiger partial charge in [-0.2, -0.15) is 0 Å². The molecule has 104 valence electrons. The maximum absolute atomic E-state index is 11.4. The van der Waals surface area contributed by atoms with E-state index in [1.165, 1.54) is 12.8 Å². The van der Waals surface area contributed by atoms with Crippen molar-refractivity contribution >= 4 is 35.8 Å². The summed E-state index contributed by atoms with van der Waals surface area (Å²) < 4.78 is 0. The Hall–Kier alpha value is -0.530. The van der Waals surface area contributed by atoms with Crippen molar-refractivity contribution in [2.24, 2.45) is 16.8 Å². The van der Waals surface area contributed by atoms with Gasteiger partial charge in [-0.15, -0.1) is 24.0 Å². The molecule has 0 aromatic heterocycles. The second-order valence-electron chi connectivity index (χ2n) is 4.89. The number of carbonyl (C=O) groups is 1. The molecule has 0 bridgehead atoms. The number of halogens is 1. The van der Waals surface area contributed by atoms with E-state index in [9.17, 15) is 4.79 Å². The quantitative estimate of drug-likeness (QED) is 0.281. The van der Waals surface area contributed by atoms with Crippen LogP contribution in [0, 0.1) is 11.8 Å². The third-order valence-electron chi connectivity index (χ3n) is 3.14. The Balaban J connectivity index is 0.00000162. The van der Waals surface area contributed by atoms with Crippen LogP contribution in [0.2, 0.25) is 0 Å². The number of nitrogens with one attached hydrogen (secondary N) is 3. The summed E-state index contributed by atoms with van der Waals surface area (Å²) in [6.07, 6.45) is 4.79. The number of carbonyl (C=O) groups excluding carboxylic acids is 1. The van der Waals surface area contributed by atoms with Crippen LogP contribution in [-0.4, -0.2) is 38.5 Å². The molecule has 0 atom stereocenters. The molecule has 6 heteroatoms. The molecule has 0 unspecified atom stereocenters. The highest BCUT2D eigenvalue weighted by Crippen LogP contribution is 2.28. The largest absolute Gasteiger partial charge is 0.356 e. The highest BCUT2D eigenvalue weighted by molar-refractivity contribution is 14.0. The van der Waals surface area contributed by atoms with E-state index >= 15 is 0 Å². The van der Waals surface area contributed by atoms with E-state index in [0.29, 0.717) is 12.5 Å². The van der Waals surface area contributed by atoms with Gasteiger partial charge in [0.15, 0.2) is 5.96 Å². The van der Waals surface area contributed by atoms with Gasteiger partial charge in [0, 0.05) is 32.6 Å². The van der Waals surface area contributed by atoms with Crippen LogP contribution in [0.15, 0.2) is 4.99 Å². The van der Waals surface area contributed by atoms with Crippen molar-refractivity contribution in [3.8, 4) is 0 Å². The summed E-state index contributed by atoms with van der Waals surface area (Å²) in [5, 5.41) is 9.39. The van der Waals surface area contributed by atoms with E-state index < -0.39 is 0 Å². The lowest BCUT2D eigenvalue weighted by molar-refractivity contribution is -0.122. The lowest BCUT2D eigenvalue weighted by Gasteiger charge is -2.11. The second kappa shape index (κ2) is 7.81. The molecule has 18 heavy (non-hydrogen) atoms. The smallest absolute Gasteiger partial charge is 0.223 e. The lowest BCUT2D eigenvalue weighted by atomic mass is 10.4. The van der Waals surface area contributed by atoms with Crippen LogP contribution in [0.1, 0.15) is 25.7 Å². The molecule has 0 saturated heterocycles. The minimum atomic E-state index is 0. The van der Waals surface area contributed by atoms with Crippen molar-refractivity contribution in [1.29, 1.82) is 0 Å². The SMILES string of the molecule is CN=C(NCCNC(=O)C1CC1)NCC1CC1.I. The van der Waals surface area contributed by atoms with Gasteiger partial charge in [-0.05, 0) is 31.6 Å². The minimum Gasteiger partial charge on any atom is -0.356 e. The van der Waals surface area contributed by atoms with Gasteiger partial charge in [0.25, 0.3) is 0 Å². The second-order valence-corrected chi connectivity index (χ2v) is 4.89. The summed E-state index contributed by atoms with van der Waals surface area (Å²) in [5.74, 6) is 2.16. The van der Waals surface area contributed by atoms with Gasteiger partial charge < -0.3 is 16.0 Å². The Morgan fingerprint density at radius 3 is 2.33 bits per heavy atom. The van der Waals surface area contributed by atoms with E-state index in [1.807, 2.05) is 0 Å². The number of hydrogen-bond acceptors (Lipinski definition) is 2. The van der Waals surface area contributed by atoms with Gasteiger partial charge in [-0.1, -0.05) is 0 Å². The van der Waals surface area contributed by atoms with E-state index in [-0.39, 0.29) is 29.9 Å². The van der Waals surface area contributed by atoms with Gasteiger partial charge >= 0.3 is 0 Å². The van der Waals surface area contributed by atoms with Gasteiger partial charge in [0.05, 0.1) is 0 Å². The van der Waals surface area contributed by atoms with Crippen LogP contribution in [0.5, 0.6) is 0 Å². The maximum Gasteiger partial charge on any atom is 0.223 e.